The molecule has 0 unspecified atom stereocenters. The molecule has 5 nitrogen and oxygen atoms in total. The Hall–Kier alpha value is -1.95. The van der Waals surface area contributed by atoms with Gasteiger partial charge in [-0.1, -0.05) is 29.0 Å². The number of nitrogens with zero attached hydrogens (tertiary/aromatic N) is 2. The van der Waals surface area contributed by atoms with Gasteiger partial charge in [0.05, 0.1) is 6.54 Å². The van der Waals surface area contributed by atoms with Gasteiger partial charge in [-0.15, -0.1) is 0 Å². The Morgan fingerprint density at radius 1 is 1.44 bits per heavy atom. The maximum atomic E-state index is 5.70. The van der Waals surface area contributed by atoms with Crippen molar-refractivity contribution in [2.75, 3.05) is 5.32 Å². The molecule has 0 spiro atoms. The van der Waals surface area contributed by atoms with Crippen LogP contribution in [0.2, 0.25) is 0 Å². The van der Waals surface area contributed by atoms with Crippen molar-refractivity contribution in [2.45, 2.75) is 20.4 Å². The van der Waals surface area contributed by atoms with Crippen molar-refractivity contribution >= 4 is 22.9 Å². The first kappa shape index (κ1) is 12.5. The topological polar surface area (TPSA) is 77.0 Å². The molecular formula is C12H14N4OS. The van der Waals surface area contributed by atoms with Gasteiger partial charge in [-0.2, -0.15) is 4.98 Å². The fourth-order valence-corrected chi connectivity index (χ4v) is 1.77. The van der Waals surface area contributed by atoms with E-state index >= 15 is 0 Å². The first-order valence-electron chi connectivity index (χ1n) is 5.50. The Morgan fingerprint density at radius 3 is 2.83 bits per heavy atom. The molecule has 1 aromatic carbocycles. The summed E-state index contributed by atoms with van der Waals surface area (Å²) in [6.07, 6.45) is 0. The molecule has 3 N–H and O–H groups in total. The molecule has 0 aliphatic heterocycles. The van der Waals surface area contributed by atoms with Crippen LogP contribution in [0.25, 0.3) is 0 Å². The first-order chi connectivity index (χ1) is 8.56. The highest BCUT2D eigenvalue weighted by molar-refractivity contribution is 7.80. The van der Waals surface area contributed by atoms with Crippen LogP contribution in [-0.2, 0) is 6.54 Å². The average molecular weight is 262 g/mol. The van der Waals surface area contributed by atoms with Crippen molar-refractivity contribution < 1.29 is 4.52 Å². The fraction of sp³-hybridized carbons (Fsp3) is 0.250. The molecule has 2 aromatic rings. The first-order valence-corrected chi connectivity index (χ1v) is 5.90. The summed E-state index contributed by atoms with van der Waals surface area (Å²) in [6.45, 7) is 4.21. The molecule has 94 valence electrons. The van der Waals surface area contributed by atoms with E-state index in [0.717, 1.165) is 16.8 Å². The summed E-state index contributed by atoms with van der Waals surface area (Å²) in [6, 6.07) is 5.87. The number of benzene rings is 1. The zero-order valence-electron chi connectivity index (χ0n) is 10.2. The molecular weight excluding hydrogens is 248 g/mol. The predicted molar refractivity (Wildman–Crippen MR) is 73.4 cm³/mol. The summed E-state index contributed by atoms with van der Waals surface area (Å²) < 4.78 is 5.02. The van der Waals surface area contributed by atoms with E-state index in [1.165, 1.54) is 0 Å². The highest BCUT2D eigenvalue weighted by Gasteiger charge is 2.07. The van der Waals surface area contributed by atoms with Crippen LogP contribution < -0.4 is 11.1 Å². The fourth-order valence-electron chi connectivity index (χ4n) is 1.60. The Labute approximate surface area is 110 Å². The maximum absolute atomic E-state index is 5.70. The van der Waals surface area contributed by atoms with Gasteiger partial charge in [-0.3, -0.25) is 0 Å². The van der Waals surface area contributed by atoms with E-state index in [-0.39, 0.29) is 0 Å². The summed E-state index contributed by atoms with van der Waals surface area (Å²) in [7, 11) is 0. The molecule has 0 bridgehead atoms. The molecule has 1 aromatic heterocycles. The standard InChI is InChI=1S/C12H14N4OS/c1-7-3-4-10(9(5-7)12(13)18)14-6-11-15-8(2)16-17-11/h3-5,14H,6H2,1-2H3,(H2,13,18). The molecule has 1 heterocycles. The second-order valence-electron chi connectivity index (χ2n) is 4.00. The Morgan fingerprint density at radius 2 is 2.22 bits per heavy atom. The van der Waals surface area contributed by atoms with Gasteiger partial charge in [0.15, 0.2) is 5.82 Å². The minimum atomic E-state index is 0.364. The number of nitrogens with one attached hydrogen (secondary N) is 1. The summed E-state index contributed by atoms with van der Waals surface area (Å²) >= 11 is 5.03. The minimum absolute atomic E-state index is 0.364. The van der Waals surface area contributed by atoms with Gasteiger partial charge >= 0.3 is 0 Å². The monoisotopic (exact) mass is 262 g/mol. The van der Waals surface area contributed by atoms with Crippen molar-refractivity contribution in [3.63, 3.8) is 0 Å². The van der Waals surface area contributed by atoms with Crippen LogP contribution in [0.5, 0.6) is 0 Å². The molecule has 18 heavy (non-hydrogen) atoms. The lowest BCUT2D eigenvalue weighted by atomic mass is 10.1. The second-order valence-corrected chi connectivity index (χ2v) is 4.44. The maximum Gasteiger partial charge on any atom is 0.245 e. The zero-order chi connectivity index (χ0) is 13.1. The molecule has 0 amide bonds. The molecule has 0 saturated carbocycles. The van der Waals surface area contributed by atoms with E-state index in [2.05, 4.69) is 15.5 Å². The van der Waals surface area contributed by atoms with Crippen LogP contribution in [0.3, 0.4) is 0 Å². The third-order valence-corrected chi connectivity index (χ3v) is 2.66. The highest BCUT2D eigenvalue weighted by atomic mass is 32.1. The minimum Gasteiger partial charge on any atom is -0.389 e. The van der Waals surface area contributed by atoms with Gasteiger partial charge in [0.25, 0.3) is 0 Å². The van der Waals surface area contributed by atoms with Crippen LogP contribution >= 0.6 is 12.2 Å². The summed E-state index contributed by atoms with van der Waals surface area (Å²) in [5, 5.41) is 6.91. The van der Waals surface area contributed by atoms with Gasteiger partial charge in [0.1, 0.15) is 4.99 Å². The number of rotatable bonds is 4. The van der Waals surface area contributed by atoms with E-state index in [0.29, 0.717) is 23.2 Å². The van der Waals surface area contributed by atoms with E-state index in [4.69, 9.17) is 22.5 Å². The lowest BCUT2D eigenvalue weighted by Crippen LogP contribution is -2.13. The number of nitrogens with two attached hydrogens (primary N) is 1. The SMILES string of the molecule is Cc1ccc(NCc2nc(C)no2)c(C(N)=S)c1. The predicted octanol–water partition coefficient (Wildman–Crippen LogP) is 1.93. The van der Waals surface area contributed by atoms with Crippen molar-refractivity contribution in [1.29, 1.82) is 0 Å². The Bertz CT molecular complexity index is 579. The van der Waals surface area contributed by atoms with Gasteiger partial charge in [0.2, 0.25) is 5.89 Å². The zero-order valence-corrected chi connectivity index (χ0v) is 11.0. The molecule has 2 rings (SSSR count). The molecule has 0 saturated heterocycles. The van der Waals surface area contributed by atoms with E-state index in [1.807, 2.05) is 25.1 Å². The number of anilines is 1. The number of hydrogen-bond acceptors (Lipinski definition) is 5. The molecule has 0 radical (unpaired) electrons. The van der Waals surface area contributed by atoms with Crippen LogP contribution in [0, 0.1) is 13.8 Å². The molecule has 6 heteroatoms. The van der Waals surface area contributed by atoms with Crippen LogP contribution in [0.15, 0.2) is 22.7 Å². The van der Waals surface area contributed by atoms with Crippen molar-refractivity contribution in [1.82, 2.24) is 10.1 Å². The van der Waals surface area contributed by atoms with Crippen LogP contribution in [-0.4, -0.2) is 15.1 Å². The van der Waals surface area contributed by atoms with Gasteiger partial charge < -0.3 is 15.6 Å². The lowest BCUT2D eigenvalue weighted by molar-refractivity contribution is 0.379. The van der Waals surface area contributed by atoms with Crippen molar-refractivity contribution in [3.8, 4) is 0 Å². The van der Waals surface area contributed by atoms with Gasteiger partial charge in [-0.25, -0.2) is 0 Å². The largest absolute Gasteiger partial charge is 0.389 e. The number of hydrogen-bond donors (Lipinski definition) is 2. The van der Waals surface area contributed by atoms with E-state index in [9.17, 15) is 0 Å². The van der Waals surface area contributed by atoms with Crippen molar-refractivity contribution in [3.05, 3.63) is 41.0 Å². The summed E-state index contributed by atoms with van der Waals surface area (Å²) in [5.74, 6) is 1.15. The Kier molecular flexibility index (Phi) is 3.57. The van der Waals surface area contributed by atoms with Crippen LogP contribution in [0.1, 0.15) is 22.8 Å². The quantitative estimate of drug-likeness (QED) is 0.820. The smallest absolute Gasteiger partial charge is 0.245 e. The Balaban J connectivity index is 2.16. The van der Waals surface area contributed by atoms with Gasteiger partial charge in [0, 0.05) is 11.3 Å². The lowest BCUT2D eigenvalue weighted by Gasteiger charge is -2.10. The molecule has 0 aliphatic rings. The number of thiocarbonyl (C=S) groups is 1. The summed E-state index contributed by atoms with van der Waals surface area (Å²) in [5.41, 5.74) is 8.49. The molecule has 0 aliphatic carbocycles. The molecule has 0 fully saturated rings. The summed E-state index contributed by atoms with van der Waals surface area (Å²) in [4.78, 5) is 4.48. The number of aryl methyl sites for hydroxylation is 2. The highest BCUT2D eigenvalue weighted by Crippen LogP contribution is 2.18. The normalized spacial score (nSPS) is 10.3. The van der Waals surface area contributed by atoms with Crippen molar-refractivity contribution in [2.24, 2.45) is 5.73 Å². The van der Waals surface area contributed by atoms with E-state index < -0.39 is 0 Å². The van der Waals surface area contributed by atoms with Gasteiger partial charge in [-0.05, 0) is 26.0 Å². The second kappa shape index (κ2) is 5.14. The van der Waals surface area contributed by atoms with Crippen LogP contribution in [0.4, 0.5) is 5.69 Å². The molecule has 0 atom stereocenters. The third kappa shape index (κ3) is 2.84. The van der Waals surface area contributed by atoms with E-state index in [1.54, 1.807) is 6.92 Å². The number of aromatic nitrogens is 2. The average Bonchev–Trinajstić information content (AvgIpc) is 2.73. The third-order valence-electron chi connectivity index (χ3n) is 2.44.